The van der Waals surface area contributed by atoms with Crippen molar-refractivity contribution < 1.29 is 24.2 Å². The smallest absolute Gasteiger partial charge is 0.410 e. The molecule has 0 heterocycles. The van der Waals surface area contributed by atoms with Crippen LogP contribution < -0.4 is 0 Å². The minimum absolute atomic E-state index is 0.0713. The van der Waals surface area contributed by atoms with Crippen LogP contribution >= 0.6 is 0 Å². The van der Waals surface area contributed by atoms with Crippen LogP contribution in [0.4, 0.5) is 4.79 Å². The van der Waals surface area contributed by atoms with Crippen LogP contribution in [0.25, 0.3) is 0 Å². The Morgan fingerprint density at radius 2 is 1.93 bits per heavy atom. The number of rotatable bonds is 6. The normalized spacial score (nSPS) is 9.53. The van der Waals surface area contributed by atoms with Crippen molar-refractivity contribution >= 4 is 12.1 Å². The Hall–Kier alpha value is -1.30. The van der Waals surface area contributed by atoms with Crippen LogP contribution in [0, 0.1) is 0 Å². The van der Waals surface area contributed by atoms with Crippen LogP contribution in [-0.2, 0) is 14.3 Å². The summed E-state index contributed by atoms with van der Waals surface area (Å²) >= 11 is 0. The molecule has 0 spiro atoms. The van der Waals surface area contributed by atoms with Crippen LogP contribution in [0.5, 0.6) is 0 Å². The van der Waals surface area contributed by atoms with E-state index in [0.29, 0.717) is 6.54 Å². The first kappa shape index (κ1) is 13.7. The fourth-order valence-electron chi connectivity index (χ4n) is 0.892. The number of esters is 1. The summed E-state index contributed by atoms with van der Waals surface area (Å²) in [6.07, 6.45) is -0.625. The minimum atomic E-state index is -0.625. The lowest BCUT2D eigenvalue weighted by Gasteiger charge is -2.18. The summed E-state index contributed by atoms with van der Waals surface area (Å²) in [6.45, 7) is 3.61. The predicted molar refractivity (Wildman–Crippen MR) is 52.3 cm³/mol. The molecule has 0 aliphatic rings. The first-order valence-electron chi connectivity index (χ1n) is 4.83. The average Bonchev–Trinajstić information content (AvgIpc) is 2.22. The molecule has 0 saturated carbocycles. The van der Waals surface area contributed by atoms with Gasteiger partial charge in [0.15, 0.2) is 0 Å². The highest BCUT2D eigenvalue weighted by atomic mass is 16.6. The molecule has 0 unspecified atom stereocenters. The van der Waals surface area contributed by atoms with Crippen molar-refractivity contribution in [2.75, 3.05) is 32.9 Å². The Morgan fingerprint density at radius 3 is 2.40 bits per heavy atom. The maximum absolute atomic E-state index is 11.3. The summed E-state index contributed by atoms with van der Waals surface area (Å²) in [6, 6.07) is 0. The summed E-state index contributed by atoms with van der Waals surface area (Å²) < 4.78 is 9.34. The maximum Gasteiger partial charge on any atom is 0.410 e. The number of hydrogen-bond donors (Lipinski definition) is 1. The van der Waals surface area contributed by atoms with E-state index in [0.717, 1.165) is 0 Å². The molecular weight excluding hydrogens is 202 g/mol. The molecule has 0 aliphatic carbocycles. The Labute approximate surface area is 88.8 Å². The van der Waals surface area contributed by atoms with E-state index in [2.05, 4.69) is 4.74 Å². The zero-order valence-corrected chi connectivity index (χ0v) is 9.06. The highest BCUT2D eigenvalue weighted by Crippen LogP contribution is 1.95. The van der Waals surface area contributed by atoms with E-state index in [1.165, 1.54) is 4.90 Å². The number of carbonyl (C=O) groups is 2. The van der Waals surface area contributed by atoms with E-state index >= 15 is 0 Å². The molecule has 0 aromatic rings. The summed E-state index contributed by atoms with van der Waals surface area (Å²) in [5.41, 5.74) is 0. The molecule has 0 radical (unpaired) electrons. The standard InChI is InChI=1S/C9H17NO5/c1-3-10(7-8(12)14-4-2)9(13)15-6-5-11/h11H,3-7H2,1-2H3. The zero-order valence-electron chi connectivity index (χ0n) is 9.06. The third-order valence-electron chi connectivity index (χ3n) is 1.58. The first-order chi connectivity index (χ1) is 7.15. The van der Waals surface area contributed by atoms with Gasteiger partial charge in [0.25, 0.3) is 0 Å². The van der Waals surface area contributed by atoms with Gasteiger partial charge in [0.1, 0.15) is 13.2 Å². The molecule has 0 aromatic heterocycles. The topological polar surface area (TPSA) is 76.1 Å². The van der Waals surface area contributed by atoms with Crippen LogP contribution in [0.2, 0.25) is 0 Å². The third-order valence-corrected chi connectivity index (χ3v) is 1.58. The van der Waals surface area contributed by atoms with E-state index < -0.39 is 12.1 Å². The SMILES string of the molecule is CCOC(=O)CN(CC)C(=O)OCCO. The maximum atomic E-state index is 11.3. The van der Waals surface area contributed by atoms with Gasteiger partial charge in [-0.05, 0) is 13.8 Å². The second-order valence-electron chi connectivity index (χ2n) is 2.66. The predicted octanol–water partition coefficient (Wildman–Crippen LogP) is 0.000300. The minimum Gasteiger partial charge on any atom is -0.465 e. The fraction of sp³-hybridized carbons (Fsp3) is 0.778. The molecule has 0 atom stereocenters. The van der Waals surface area contributed by atoms with Gasteiger partial charge >= 0.3 is 12.1 Å². The van der Waals surface area contributed by atoms with Crippen LogP contribution in [-0.4, -0.2) is 55.0 Å². The van der Waals surface area contributed by atoms with Crippen molar-refractivity contribution in [2.45, 2.75) is 13.8 Å². The van der Waals surface area contributed by atoms with Gasteiger partial charge in [-0.1, -0.05) is 0 Å². The lowest BCUT2D eigenvalue weighted by molar-refractivity contribution is -0.144. The lowest BCUT2D eigenvalue weighted by atomic mass is 10.5. The Morgan fingerprint density at radius 1 is 1.27 bits per heavy atom. The number of ether oxygens (including phenoxy) is 2. The number of nitrogens with zero attached hydrogens (tertiary/aromatic N) is 1. The van der Waals surface area contributed by atoms with Crippen molar-refractivity contribution in [2.24, 2.45) is 0 Å². The fourth-order valence-corrected chi connectivity index (χ4v) is 0.892. The summed E-state index contributed by atoms with van der Waals surface area (Å²) in [5, 5.41) is 8.45. The number of carbonyl (C=O) groups excluding carboxylic acids is 2. The van der Waals surface area contributed by atoms with Crippen molar-refractivity contribution in [3.8, 4) is 0 Å². The Kier molecular flexibility index (Phi) is 7.35. The molecule has 0 fully saturated rings. The lowest BCUT2D eigenvalue weighted by Crippen LogP contribution is -2.37. The van der Waals surface area contributed by atoms with Gasteiger partial charge in [0.2, 0.25) is 0 Å². The highest BCUT2D eigenvalue weighted by molar-refractivity contribution is 5.78. The molecule has 6 nitrogen and oxygen atoms in total. The molecule has 0 rings (SSSR count). The Bertz CT molecular complexity index is 207. The molecule has 6 heteroatoms. The summed E-state index contributed by atoms with van der Waals surface area (Å²) in [7, 11) is 0. The molecule has 1 N–H and O–H groups in total. The van der Waals surface area contributed by atoms with E-state index in [1.807, 2.05) is 0 Å². The number of likely N-dealkylation sites (N-methyl/N-ethyl adjacent to an activating group) is 1. The van der Waals surface area contributed by atoms with Crippen molar-refractivity contribution in [3.63, 3.8) is 0 Å². The van der Waals surface area contributed by atoms with E-state index in [-0.39, 0.29) is 26.4 Å². The van der Waals surface area contributed by atoms with E-state index in [9.17, 15) is 9.59 Å². The molecule has 0 bridgehead atoms. The Balaban J connectivity index is 4.00. The summed E-state index contributed by atoms with van der Waals surface area (Å²) in [4.78, 5) is 23.5. The molecule has 0 aliphatic heterocycles. The van der Waals surface area contributed by atoms with Crippen LogP contribution in [0.15, 0.2) is 0 Å². The van der Waals surface area contributed by atoms with Crippen molar-refractivity contribution in [1.82, 2.24) is 4.90 Å². The van der Waals surface area contributed by atoms with Gasteiger partial charge < -0.3 is 14.6 Å². The highest BCUT2D eigenvalue weighted by Gasteiger charge is 2.16. The van der Waals surface area contributed by atoms with Crippen LogP contribution in [0.1, 0.15) is 13.8 Å². The second kappa shape index (κ2) is 8.05. The van der Waals surface area contributed by atoms with Crippen molar-refractivity contribution in [1.29, 1.82) is 0 Å². The third kappa shape index (κ3) is 5.90. The molecule has 1 amide bonds. The molecule has 0 saturated heterocycles. The van der Waals surface area contributed by atoms with Gasteiger partial charge in [-0.25, -0.2) is 4.79 Å². The van der Waals surface area contributed by atoms with Crippen LogP contribution in [0.3, 0.4) is 0 Å². The molecule has 88 valence electrons. The molecule has 15 heavy (non-hydrogen) atoms. The van der Waals surface area contributed by atoms with Crippen molar-refractivity contribution in [3.05, 3.63) is 0 Å². The quantitative estimate of drug-likeness (QED) is 0.636. The van der Waals surface area contributed by atoms with Gasteiger partial charge in [-0.2, -0.15) is 0 Å². The first-order valence-corrected chi connectivity index (χ1v) is 4.83. The number of amides is 1. The van der Waals surface area contributed by atoms with Gasteiger partial charge in [0.05, 0.1) is 13.2 Å². The van der Waals surface area contributed by atoms with E-state index in [1.54, 1.807) is 13.8 Å². The van der Waals surface area contributed by atoms with E-state index in [4.69, 9.17) is 9.84 Å². The number of aliphatic hydroxyl groups excluding tert-OH is 1. The zero-order chi connectivity index (χ0) is 11.7. The van der Waals surface area contributed by atoms with Gasteiger partial charge in [-0.3, -0.25) is 9.69 Å². The van der Waals surface area contributed by atoms with Gasteiger partial charge in [-0.15, -0.1) is 0 Å². The largest absolute Gasteiger partial charge is 0.465 e. The second-order valence-corrected chi connectivity index (χ2v) is 2.66. The number of hydrogen-bond acceptors (Lipinski definition) is 5. The molecular formula is C9H17NO5. The summed E-state index contributed by atoms with van der Waals surface area (Å²) in [5.74, 6) is -0.472. The number of aliphatic hydroxyl groups is 1. The average molecular weight is 219 g/mol. The van der Waals surface area contributed by atoms with Gasteiger partial charge in [0, 0.05) is 6.54 Å². The monoisotopic (exact) mass is 219 g/mol. The molecule has 0 aromatic carbocycles.